The van der Waals surface area contributed by atoms with Gasteiger partial charge in [-0.05, 0) is 43.7 Å². The fourth-order valence-corrected chi connectivity index (χ4v) is 3.10. The fourth-order valence-electron chi connectivity index (χ4n) is 2.95. The molecule has 7 nitrogen and oxygen atoms in total. The van der Waals surface area contributed by atoms with Gasteiger partial charge < -0.3 is 20.3 Å². The number of halogens is 1. The third kappa shape index (κ3) is 4.14. The molecule has 1 atom stereocenters. The van der Waals surface area contributed by atoms with E-state index in [1.165, 1.54) is 4.90 Å². The molecule has 0 bridgehead atoms. The monoisotopic (exact) mass is 388 g/mol. The number of hydrogen-bond donors (Lipinski definition) is 2. The third-order valence-corrected chi connectivity index (χ3v) is 4.31. The molecule has 2 N–H and O–H groups in total. The number of aromatic nitrogens is 1. The average molecular weight is 389 g/mol. The van der Waals surface area contributed by atoms with Crippen LogP contribution in [-0.2, 0) is 4.79 Å². The molecule has 1 aromatic carbocycles. The zero-order valence-corrected chi connectivity index (χ0v) is 16.1. The van der Waals surface area contributed by atoms with Gasteiger partial charge in [0.25, 0.3) is 5.91 Å². The maximum Gasteiger partial charge on any atom is 0.277 e. The van der Waals surface area contributed by atoms with Crippen LogP contribution < -0.4 is 15.4 Å². The minimum atomic E-state index is -0.541. The predicted octanol–water partition coefficient (Wildman–Crippen LogP) is 2.83. The second-order valence-corrected chi connectivity index (χ2v) is 6.90. The maximum atomic E-state index is 13.1. The lowest BCUT2D eigenvalue weighted by molar-refractivity contribution is -0.122. The molecule has 27 heavy (non-hydrogen) atoms. The first-order valence-electron chi connectivity index (χ1n) is 8.56. The van der Waals surface area contributed by atoms with Crippen LogP contribution in [0, 0.1) is 0 Å². The van der Waals surface area contributed by atoms with E-state index >= 15 is 0 Å². The molecule has 3 rings (SSSR count). The molecule has 142 valence electrons. The molecule has 1 aliphatic rings. The van der Waals surface area contributed by atoms with Gasteiger partial charge in [-0.1, -0.05) is 23.7 Å². The minimum absolute atomic E-state index is 0.0273. The Balaban J connectivity index is 2.00. The van der Waals surface area contributed by atoms with Gasteiger partial charge in [0.05, 0.1) is 12.8 Å². The van der Waals surface area contributed by atoms with Crippen LogP contribution in [0.4, 0.5) is 5.69 Å². The first-order valence-corrected chi connectivity index (χ1v) is 8.94. The zero-order valence-electron chi connectivity index (χ0n) is 15.3. The number of ether oxygens (including phenoxy) is 1. The minimum Gasteiger partial charge on any atom is -0.497 e. The topological polar surface area (TPSA) is 83.6 Å². The second kappa shape index (κ2) is 7.84. The summed E-state index contributed by atoms with van der Waals surface area (Å²) < 4.78 is 5.29. The van der Waals surface area contributed by atoms with Gasteiger partial charge >= 0.3 is 0 Å². The lowest BCUT2D eigenvalue weighted by atomic mass is 10.1. The number of rotatable bonds is 5. The van der Waals surface area contributed by atoms with E-state index in [-0.39, 0.29) is 35.2 Å². The summed E-state index contributed by atoms with van der Waals surface area (Å²) in [6.45, 7) is 3.62. The first kappa shape index (κ1) is 19.0. The van der Waals surface area contributed by atoms with Gasteiger partial charge in [0, 0.05) is 6.04 Å². The molecule has 2 aromatic rings. The van der Waals surface area contributed by atoms with Crippen molar-refractivity contribution < 1.29 is 14.3 Å². The largest absolute Gasteiger partial charge is 0.497 e. The van der Waals surface area contributed by atoms with Crippen molar-refractivity contribution in [2.24, 2.45) is 0 Å². The molecule has 8 heteroatoms. The van der Waals surface area contributed by atoms with E-state index in [2.05, 4.69) is 15.6 Å². The van der Waals surface area contributed by atoms with E-state index in [0.29, 0.717) is 11.4 Å². The van der Waals surface area contributed by atoms with Gasteiger partial charge in [0.15, 0.2) is 5.69 Å². The Hall–Kier alpha value is -2.80. The van der Waals surface area contributed by atoms with Gasteiger partial charge in [0.2, 0.25) is 5.91 Å². The highest BCUT2D eigenvalue weighted by Gasteiger charge is 2.35. The lowest BCUT2D eigenvalue weighted by Gasteiger charge is -2.37. The lowest BCUT2D eigenvalue weighted by Crippen LogP contribution is -2.49. The summed E-state index contributed by atoms with van der Waals surface area (Å²) in [7, 11) is 1.58. The molecule has 2 amide bonds. The number of carbonyl (C=O) groups is 2. The van der Waals surface area contributed by atoms with Gasteiger partial charge in [0.1, 0.15) is 23.6 Å². The summed E-state index contributed by atoms with van der Waals surface area (Å²) in [6, 6.07) is 10.6. The molecule has 1 aromatic heterocycles. The quantitative estimate of drug-likeness (QED) is 0.769. The Morgan fingerprint density at radius 2 is 2.15 bits per heavy atom. The highest BCUT2D eigenvalue weighted by molar-refractivity contribution is 6.29. The summed E-state index contributed by atoms with van der Waals surface area (Å²) in [5.41, 5.74) is 1.55. The standard InChI is InChI=1S/C19H21ClN4O3/c1-11(2)21-16(25)10-24-18(12-5-4-6-13(9-12)27-3)22-14-7-8-15(20)23-17(14)19(24)26/h4-9,11,18,22H,10H2,1-3H3,(H,21,25). The maximum absolute atomic E-state index is 13.1. The normalized spacial score (nSPS) is 16.0. The van der Waals surface area contributed by atoms with Gasteiger partial charge in [-0.15, -0.1) is 0 Å². The summed E-state index contributed by atoms with van der Waals surface area (Å²) in [5.74, 6) is 0.0462. The highest BCUT2D eigenvalue weighted by Crippen LogP contribution is 2.33. The Morgan fingerprint density at radius 1 is 1.37 bits per heavy atom. The van der Waals surface area contributed by atoms with Crippen molar-refractivity contribution in [2.75, 3.05) is 19.0 Å². The van der Waals surface area contributed by atoms with Crippen molar-refractivity contribution in [3.8, 4) is 5.75 Å². The van der Waals surface area contributed by atoms with E-state index in [1.54, 1.807) is 19.2 Å². The van der Waals surface area contributed by atoms with Crippen LogP contribution in [0.1, 0.15) is 36.1 Å². The Kier molecular flexibility index (Phi) is 5.51. The molecule has 2 heterocycles. The van der Waals surface area contributed by atoms with Crippen LogP contribution in [0.5, 0.6) is 5.75 Å². The summed E-state index contributed by atoms with van der Waals surface area (Å²) in [5, 5.41) is 6.31. The molecule has 0 saturated carbocycles. The van der Waals surface area contributed by atoms with E-state index in [0.717, 1.165) is 5.56 Å². The highest BCUT2D eigenvalue weighted by atomic mass is 35.5. The van der Waals surface area contributed by atoms with Crippen molar-refractivity contribution in [3.63, 3.8) is 0 Å². The molecular formula is C19H21ClN4O3. The van der Waals surface area contributed by atoms with Crippen LogP contribution in [-0.4, -0.2) is 41.4 Å². The van der Waals surface area contributed by atoms with Gasteiger partial charge in [-0.25, -0.2) is 4.98 Å². The summed E-state index contributed by atoms with van der Waals surface area (Å²) >= 11 is 5.95. The van der Waals surface area contributed by atoms with E-state index in [9.17, 15) is 9.59 Å². The van der Waals surface area contributed by atoms with Crippen LogP contribution in [0.2, 0.25) is 5.15 Å². The number of methoxy groups -OCH3 is 1. The Labute approximate surface area is 162 Å². The molecule has 1 aliphatic heterocycles. The number of nitrogens with zero attached hydrogens (tertiary/aromatic N) is 2. The van der Waals surface area contributed by atoms with Crippen LogP contribution >= 0.6 is 11.6 Å². The second-order valence-electron chi connectivity index (χ2n) is 6.51. The zero-order chi connectivity index (χ0) is 19.6. The van der Waals surface area contributed by atoms with Crippen LogP contribution in [0.25, 0.3) is 0 Å². The van der Waals surface area contributed by atoms with Crippen molar-refractivity contribution >= 4 is 29.1 Å². The van der Waals surface area contributed by atoms with Gasteiger partial charge in [-0.2, -0.15) is 0 Å². The van der Waals surface area contributed by atoms with Crippen molar-refractivity contribution in [3.05, 3.63) is 52.8 Å². The molecule has 0 spiro atoms. The number of hydrogen-bond acceptors (Lipinski definition) is 5. The van der Waals surface area contributed by atoms with E-state index < -0.39 is 6.17 Å². The number of anilines is 1. The van der Waals surface area contributed by atoms with Crippen molar-refractivity contribution in [1.82, 2.24) is 15.2 Å². The molecule has 0 fully saturated rings. The van der Waals surface area contributed by atoms with Gasteiger partial charge in [-0.3, -0.25) is 9.59 Å². The smallest absolute Gasteiger partial charge is 0.277 e. The predicted molar refractivity (Wildman–Crippen MR) is 103 cm³/mol. The SMILES string of the molecule is COc1cccc(C2Nc3ccc(Cl)nc3C(=O)N2CC(=O)NC(C)C)c1. The van der Waals surface area contributed by atoms with Crippen LogP contribution in [0.15, 0.2) is 36.4 Å². The van der Waals surface area contributed by atoms with Crippen molar-refractivity contribution in [1.29, 1.82) is 0 Å². The van der Waals surface area contributed by atoms with E-state index in [4.69, 9.17) is 16.3 Å². The fraction of sp³-hybridized carbons (Fsp3) is 0.316. The summed E-state index contributed by atoms with van der Waals surface area (Å²) in [6.07, 6.45) is -0.541. The Bertz CT molecular complexity index is 872. The van der Waals surface area contributed by atoms with Crippen LogP contribution in [0.3, 0.4) is 0 Å². The van der Waals surface area contributed by atoms with E-state index in [1.807, 2.05) is 38.1 Å². The number of amides is 2. The first-order chi connectivity index (χ1) is 12.9. The van der Waals surface area contributed by atoms with Crippen molar-refractivity contribution in [2.45, 2.75) is 26.1 Å². The average Bonchev–Trinajstić information content (AvgIpc) is 2.63. The molecule has 1 unspecified atom stereocenters. The molecule has 0 saturated heterocycles. The Morgan fingerprint density at radius 3 is 2.85 bits per heavy atom. The number of carbonyl (C=O) groups excluding carboxylic acids is 2. The number of pyridine rings is 1. The number of nitrogens with one attached hydrogen (secondary N) is 2. The molecule has 0 radical (unpaired) electrons. The summed E-state index contributed by atoms with van der Waals surface area (Å²) in [4.78, 5) is 31.0. The molecule has 0 aliphatic carbocycles. The number of benzene rings is 1. The molecular weight excluding hydrogens is 368 g/mol. The third-order valence-electron chi connectivity index (χ3n) is 4.10. The number of fused-ring (bicyclic) bond motifs is 1.